The number of carbonyl (C=O) groups excluding carboxylic acids is 1. The number of amides is 2. The van der Waals surface area contributed by atoms with Crippen molar-refractivity contribution in [2.24, 2.45) is 11.8 Å². The molecule has 1 aliphatic heterocycles. The molecule has 3 unspecified atom stereocenters. The molecule has 3 atom stereocenters. The van der Waals surface area contributed by atoms with E-state index in [1.54, 1.807) is 16.7 Å². The summed E-state index contributed by atoms with van der Waals surface area (Å²) in [7, 11) is 0. The van der Waals surface area contributed by atoms with E-state index in [4.69, 9.17) is 5.11 Å². The van der Waals surface area contributed by atoms with Crippen molar-refractivity contribution in [1.29, 1.82) is 0 Å². The van der Waals surface area contributed by atoms with Crippen LogP contribution in [0.1, 0.15) is 26.7 Å². The Morgan fingerprint density at radius 2 is 2.16 bits per heavy atom. The Bertz CT molecular complexity index is 325. The number of hydrogen-bond donors (Lipinski definition) is 2. The van der Waals surface area contributed by atoms with Crippen LogP contribution in [0.3, 0.4) is 0 Å². The summed E-state index contributed by atoms with van der Waals surface area (Å²) in [5.41, 5.74) is 0. The van der Waals surface area contributed by atoms with Crippen molar-refractivity contribution in [3.8, 4) is 0 Å². The number of rotatable bonds is 5. The largest absolute Gasteiger partial charge is 0.481 e. The van der Waals surface area contributed by atoms with Crippen molar-refractivity contribution in [2.75, 3.05) is 25.1 Å². The van der Waals surface area contributed by atoms with Gasteiger partial charge in [-0.25, -0.2) is 4.79 Å². The third kappa shape index (κ3) is 4.93. The average molecular weight is 288 g/mol. The molecule has 0 spiro atoms. The Balaban J connectivity index is 2.57. The monoisotopic (exact) mass is 288 g/mol. The molecule has 1 rings (SSSR count). The summed E-state index contributed by atoms with van der Waals surface area (Å²) < 4.78 is 0. The van der Waals surface area contributed by atoms with E-state index in [1.165, 1.54) is 0 Å². The molecule has 0 bridgehead atoms. The van der Waals surface area contributed by atoms with Gasteiger partial charge in [0.2, 0.25) is 0 Å². The lowest BCUT2D eigenvalue weighted by Gasteiger charge is -2.35. The number of nitrogens with one attached hydrogen (secondary N) is 1. The quantitative estimate of drug-likeness (QED) is 0.810. The van der Waals surface area contributed by atoms with E-state index in [-0.39, 0.29) is 18.0 Å². The Hall–Kier alpha value is -0.910. The highest BCUT2D eigenvalue weighted by Crippen LogP contribution is 2.21. The molecule has 6 heteroatoms. The standard InChI is InChI=1S/C13H24N2O3S/c1-4-11(8-19-3)14-13(18)15-6-9(2)5-10(7-15)12(16)17/h9-11H,4-8H2,1-3H3,(H,14,18)(H,16,17). The lowest BCUT2D eigenvalue weighted by Crippen LogP contribution is -2.52. The minimum atomic E-state index is -0.805. The Labute approximate surface area is 119 Å². The highest BCUT2D eigenvalue weighted by molar-refractivity contribution is 7.98. The van der Waals surface area contributed by atoms with Crippen LogP contribution in [0.2, 0.25) is 0 Å². The van der Waals surface area contributed by atoms with Crippen LogP contribution in [0.25, 0.3) is 0 Å². The second-order valence-electron chi connectivity index (χ2n) is 5.29. The van der Waals surface area contributed by atoms with E-state index < -0.39 is 11.9 Å². The molecule has 2 amide bonds. The van der Waals surface area contributed by atoms with Crippen LogP contribution in [-0.4, -0.2) is 53.1 Å². The Morgan fingerprint density at radius 1 is 1.47 bits per heavy atom. The average Bonchev–Trinajstić information content (AvgIpc) is 2.37. The number of aliphatic carboxylic acids is 1. The van der Waals surface area contributed by atoms with Gasteiger partial charge < -0.3 is 15.3 Å². The number of urea groups is 1. The van der Waals surface area contributed by atoms with Crippen molar-refractivity contribution in [3.05, 3.63) is 0 Å². The molecule has 5 nitrogen and oxygen atoms in total. The first-order chi connectivity index (χ1) is 8.97. The molecular formula is C13H24N2O3S. The van der Waals surface area contributed by atoms with Gasteiger partial charge in [0.25, 0.3) is 0 Å². The van der Waals surface area contributed by atoms with E-state index >= 15 is 0 Å². The highest BCUT2D eigenvalue weighted by atomic mass is 32.2. The number of carbonyl (C=O) groups is 2. The molecule has 0 aromatic heterocycles. The SMILES string of the molecule is CCC(CSC)NC(=O)N1CC(C)CC(C(=O)O)C1. The normalized spacial score (nSPS) is 24.9. The fraction of sp³-hybridized carbons (Fsp3) is 0.846. The van der Waals surface area contributed by atoms with Gasteiger partial charge in [-0.1, -0.05) is 13.8 Å². The summed E-state index contributed by atoms with van der Waals surface area (Å²) in [6.45, 7) is 5.00. The number of piperidine rings is 1. The van der Waals surface area contributed by atoms with E-state index in [0.29, 0.717) is 19.5 Å². The molecular weight excluding hydrogens is 264 g/mol. The fourth-order valence-electron chi connectivity index (χ4n) is 2.42. The van der Waals surface area contributed by atoms with Crippen molar-refractivity contribution in [1.82, 2.24) is 10.2 Å². The Morgan fingerprint density at radius 3 is 2.68 bits per heavy atom. The zero-order valence-electron chi connectivity index (χ0n) is 11.9. The van der Waals surface area contributed by atoms with Crippen LogP contribution in [0.15, 0.2) is 0 Å². The van der Waals surface area contributed by atoms with Crippen LogP contribution in [0.4, 0.5) is 4.79 Å². The zero-order valence-corrected chi connectivity index (χ0v) is 12.7. The summed E-state index contributed by atoms with van der Waals surface area (Å²) in [5.74, 6) is -0.120. The summed E-state index contributed by atoms with van der Waals surface area (Å²) >= 11 is 1.70. The van der Waals surface area contributed by atoms with Gasteiger partial charge in [0.15, 0.2) is 0 Å². The van der Waals surface area contributed by atoms with Gasteiger partial charge in [-0.3, -0.25) is 4.79 Å². The molecule has 1 saturated heterocycles. The molecule has 19 heavy (non-hydrogen) atoms. The van der Waals surface area contributed by atoms with Gasteiger partial charge in [-0.05, 0) is 25.0 Å². The van der Waals surface area contributed by atoms with Gasteiger partial charge >= 0.3 is 12.0 Å². The van der Waals surface area contributed by atoms with E-state index in [2.05, 4.69) is 5.32 Å². The van der Waals surface area contributed by atoms with Gasteiger partial charge in [0, 0.05) is 24.9 Å². The zero-order chi connectivity index (χ0) is 14.4. The number of hydrogen-bond acceptors (Lipinski definition) is 3. The lowest BCUT2D eigenvalue weighted by molar-refractivity contribution is -0.143. The van der Waals surface area contributed by atoms with Gasteiger partial charge in [0.05, 0.1) is 5.92 Å². The summed E-state index contributed by atoms with van der Waals surface area (Å²) in [4.78, 5) is 24.9. The number of carboxylic acids is 1. The summed E-state index contributed by atoms with van der Waals surface area (Å²) in [6, 6.07) is 0.0294. The maximum absolute atomic E-state index is 12.2. The third-order valence-corrected chi connectivity index (χ3v) is 4.22. The third-order valence-electron chi connectivity index (χ3n) is 3.48. The topological polar surface area (TPSA) is 69.6 Å². The smallest absolute Gasteiger partial charge is 0.317 e. The van der Waals surface area contributed by atoms with Crippen LogP contribution in [0.5, 0.6) is 0 Å². The van der Waals surface area contributed by atoms with Gasteiger partial charge in [0.1, 0.15) is 0 Å². The number of thioether (sulfide) groups is 1. The predicted molar refractivity (Wildman–Crippen MR) is 77.5 cm³/mol. The molecule has 1 aliphatic rings. The predicted octanol–water partition coefficient (Wildman–Crippen LogP) is 1.88. The summed E-state index contributed by atoms with van der Waals surface area (Å²) in [6.07, 6.45) is 3.55. The molecule has 1 heterocycles. The van der Waals surface area contributed by atoms with Crippen LogP contribution < -0.4 is 5.32 Å². The molecule has 0 aromatic rings. The fourth-order valence-corrected chi connectivity index (χ4v) is 3.15. The van der Waals surface area contributed by atoms with E-state index in [0.717, 1.165) is 12.2 Å². The first-order valence-corrected chi connectivity index (χ1v) is 8.14. The maximum Gasteiger partial charge on any atom is 0.317 e. The molecule has 0 aliphatic carbocycles. The molecule has 1 fully saturated rings. The van der Waals surface area contributed by atoms with Crippen molar-refractivity contribution >= 4 is 23.8 Å². The van der Waals surface area contributed by atoms with Crippen molar-refractivity contribution < 1.29 is 14.7 Å². The molecule has 110 valence electrons. The number of nitrogens with zero attached hydrogens (tertiary/aromatic N) is 1. The van der Waals surface area contributed by atoms with Gasteiger partial charge in [-0.15, -0.1) is 0 Å². The van der Waals surface area contributed by atoms with Crippen molar-refractivity contribution in [2.45, 2.75) is 32.7 Å². The minimum Gasteiger partial charge on any atom is -0.481 e. The first-order valence-electron chi connectivity index (χ1n) is 6.75. The molecule has 0 saturated carbocycles. The molecule has 2 N–H and O–H groups in total. The number of likely N-dealkylation sites (tertiary alicyclic amines) is 1. The minimum absolute atomic E-state index is 0.126. The molecule has 0 aromatic carbocycles. The van der Waals surface area contributed by atoms with Crippen molar-refractivity contribution in [3.63, 3.8) is 0 Å². The Kier molecular flexibility index (Phi) is 6.48. The second kappa shape index (κ2) is 7.62. The van der Waals surface area contributed by atoms with Gasteiger partial charge in [-0.2, -0.15) is 11.8 Å². The van der Waals surface area contributed by atoms with Crippen LogP contribution in [0, 0.1) is 11.8 Å². The van der Waals surface area contributed by atoms with E-state index in [9.17, 15) is 9.59 Å². The second-order valence-corrected chi connectivity index (χ2v) is 6.20. The van der Waals surface area contributed by atoms with Crippen LogP contribution >= 0.6 is 11.8 Å². The van der Waals surface area contributed by atoms with Crippen LogP contribution in [-0.2, 0) is 4.79 Å². The summed E-state index contributed by atoms with van der Waals surface area (Å²) in [5, 5.41) is 12.1. The lowest BCUT2D eigenvalue weighted by atomic mass is 9.91. The van der Waals surface area contributed by atoms with E-state index in [1.807, 2.05) is 20.1 Å². The highest BCUT2D eigenvalue weighted by Gasteiger charge is 2.32. The molecule has 0 radical (unpaired) electrons. The maximum atomic E-state index is 12.2. The number of carboxylic acid groups (broad SMARTS) is 1. The first kappa shape index (κ1) is 16.1.